The molecule has 2 aromatic heterocycles. The summed E-state index contributed by atoms with van der Waals surface area (Å²) in [6, 6.07) is 7.09. The van der Waals surface area contributed by atoms with Crippen molar-refractivity contribution < 1.29 is 14.3 Å². The van der Waals surface area contributed by atoms with Crippen molar-refractivity contribution in [1.82, 2.24) is 9.97 Å². The molecule has 1 atom stereocenters. The topological polar surface area (TPSA) is 79.5 Å². The first-order chi connectivity index (χ1) is 10.3. The van der Waals surface area contributed by atoms with Gasteiger partial charge < -0.3 is 14.4 Å². The first-order valence-electron chi connectivity index (χ1n) is 6.87. The second-order valence-corrected chi connectivity index (χ2v) is 5.16. The van der Waals surface area contributed by atoms with Crippen LogP contribution in [0.4, 0.5) is 5.82 Å². The molecule has 0 aliphatic carbocycles. The normalized spacial score (nSPS) is 18.7. The lowest BCUT2D eigenvalue weighted by molar-refractivity contribution is -0.138. The second kappa shape index (κ2) is 4.44. The van der Waals surface area contributed by atoms with Gasteiger partial charge in [-0.2, -0.15) is 0 Å². The Morgan fingerprint density at radius 2 is 2.19 bits per heavy atom. The molecule has 1 aliphatic heterocycles. The van der Waals surface area contributed by atoms with E-state index in [1.54, 1.807) is 4.90 Å². The van der Waals surface area contributed by atoms with E-state index in [-0.39, 0.29) is 0 Å². The number of fused-ring (bicyclic) bond motifs is 3. The van der Waals surface area contributed by atoms with Crippen LogP contribution >= 0.6 is 0 Å². The van der Waals surface area contributed by atoms with Crippen LogP contribution in [0, 0.1) is 0 Å². The van der Waals surface area contributed by atoms with Gasteiger partial charge in [0.1, 0.15) is 23.5 Å². The number of hydrogen-bond donors (Lipinski definition) is 1. The number of rotatable bonds is 2. The molecule has 3 aromatic rings. The summed E-state index contributed by atoms with van der Waals surface area (Å²) in [5.74, 6) is -0.253. The summed E-state index contributed by atoms with van der Waals surface area (Å²) in [4.78, 5) is 21.7. The molecular weight excluding hydrogens is 270 g/mol. The summed E-state index contributed by atoms with van der Waals surface area (Å²) in [7, 11) is 0. The second-order valence-electron chi connectivity index (χ2n) is 5.16. The number of aromatic nitrogens is 2. The Balaban J connectivity index is 1.95. The molecule has 1 aromatic carbocycles. The van der Waals surface area contributed by atoms with Crippen LogP contribution in [0.25, 0.3) is 22.1 Å². The fourth-order valence-electron chi connectivity index (χ4n) is 2.99. The fraction of sp³-hybridized carbons (Fsp3) is 0.267. The van der Waals surface area contributed by atoms with Crippen molar-refractivity contribution >= 4 is 33.9 Å². The molecule has 1 saturated heterocycles. The Kier molecular flexibility index (Phi) is 2.57. The van der Waals surface area contributed by atoms with Gasteiger partial charge in [0.15, 0.2) is 11.4 Å². The van der Waals surface area contributed by atoms with Gasteiger partial charge in [-0.3, -0.25) is 0 Å². The Morgan fingerprint density at radius 1 is 1.33 bits per heavy atom. The van der Waals surface area contributed by atoms with Crippen molar-refractivity contribution in [2.24, 2.45) is 0 Å². The first-order valence-corrected chi connectivity index (χ1v) is 6.87. The number of anilines is 1. The highest BCUT2D eigenvalue weighted by Crippen LogP contribution is 2.34. The molecule has 0 radical (unpaired) electrons. The number of benzene rings is 1. The van der Waals surface area contributed by atoms with Crippen molar-refractivity contribution in [3.05, 3.63) is 30.6 Å². The summed E-state index contributed by atoms with van der Waals surface area (Å²) < 4.78 is 5.86. The number of nitrogens with zero attached hydrogens (tertiary/aromatic N) is 3. The molecule has 4 rings (SSSR count). The van der Waals surface area contributed by atoms with E-state index in [2.05, 4.69) is 9.97 Å². The van der Waals surface area contributed by atoms with Crippen LogP contribution in [-0.4, -0.2) is 33.6 Å². The number of hydrogen-bond acceptors (Lipinski definition) is 5. The zero-order valence-corrected chi connectivity index (χ0v) is 11.2. The standard InChI is InChI=1S/C15H13N3O3/c19-15(20)10-5-3-7-18(10)14-13-12(16-8-17-14)9-4-1-2-6-11(9)21-13/h1-2,4,6,8,10H,3,5,7H2,(H,19,20)/t10-/m0/s1. The molecule has 1 aliphatic rings. The third-order valence-corrected chi connectivity index (χ3v) is 3.95. The molecule has 21 heavy (non-hydrogen) atoms. The Hall–Kier alpha value is -2.63. The van der Waals surface area contributed by atoms with Crippen molar-refractivity contribution in [1.29, 1.82) is 0 Å². The van der Waals surface area contributed by atoms with Crippen LogP contribution in [-0.2, 0) is 4.79 Å². The maximum atomic E-state index is 11.4. The summed E-state index contributed by atoms with van der Waals surface area (Å²) in [5.41, 5.74) is 2.03. The van der Waals surface area contributed by atoms with E-state index in [0.717, 1.165) is 22.9 Å². The molecule has 0 spiro atoms. The number of furan rings is 1. The van der Waals surface area contributed by atoms with Gasteiger partial charge in [0, 0.05) is 11.9 Å². The Labute approximate surface area is 120 Å². The molecule has 0 unspecified atom stereocenters. The van der Waals surface area contributed by atoms with Gasteiger partial charge in [0.2, 0.25) is 0 Å². The third kappa shape index (κ3) is 1.75. The fourth-order valence-corrected chi connectivity index (χ4v) is 2.99. The Morgan fingerprint density at radius 3 is 3.05 bits per heavy atom. The van der Waals surface area contributed by atoms with E-state index in [0.29, 0.717) is 24.4 Å². The molecule has 0 amide bonds. The van der Waals surface area contributed by atoms with Gasteiger partial charge in [0.25, 0.3) is 0 Å². The number of carboxylic acid groups (broad SMARTS) is 1. The molecule has 0 saturated carbocycles. The lowest BCUT2D eigenvalue weighted by atomic mass is 10.2. The van der Waals surface area contributed by atoms with Crippen LogP contribution < -0.4 is 4.90 Å². The Bertz CT molecular complexity index is 842. The predicted molar refractivity (Wildman–Crippen MR) is 77.3 cm³/mol. The van der Waals surface area contributed by atoms with E-state index in [1.165, 1.54) is 6.33 Å². The minimum absolute atomic E-state index is 0.545. The SMILES string of the molecule is O=C(O)[C@@H]1CCCN1c1ncnc2c1oc1ccccc12. The molecule has 1 N–H and O–H groups in total. The van der Waals surface area contributed by atoms with Crippen molar-refractivity contribution in [2.45, 2.75) is 18.9 Å². The third-order valence-electron chi connectivity index (χ3n) is 3.95. The van der Waals surface area contributed by atoms with Crippen LogP contribution in [0.2, 0.25) is 0 Å². The van der Waals surface area contributed by atoms with Crippen LogP contribution in [0.5, 0.6) is 0 Å². The van der Waals surface area contributed by atoms with Gasteiger partial charge in [-0.1, -0.05) is 12.1 Å². The van der Waals surface area contributed by atoms with E-state index in [4.69, 9.17) is 4.42 Å². The summed E-state index contributed by atoms with van der Waals surface area (Å²) in [6.07, 6.45) is 2.93. The van der Waals surface area contributed by atoms with Crippen molar-refractivity contribution in [3.63, 3.8) is 0 Å². The summed E-state index contributed by atoms with van der Waals surface area (Å²) >= 11 is 0. The van der Waals surface area contributed by atoms with Crippen LogP contribution in [0.15, 0.2) is 35.0 Å². The average molecular weight is 283 g/mol. The van der Waals surface area contributed by atoms with Crippen LogP contribution in [0.1, 0.15) is 12.8 Å². The minimum Gasteiger partial charge on any atom is -0.480 e. The first kappa shape index (κ1) is 12.1. The lowest BCUT2D eigenvalue weighted by Crippen LogP contribution is -2.36. The number of aliphatic carboxylic acids is 1. The van der Waals surface area contributed by atoms with Gasteiger partial charge in [-0.15, -0.1) is 0 Å². The van der Waals surface area contributed by atoms with E-state index < -0.39 is 12.0 Å². The van der Waals surface area contributed by atoms with Crippen molar-refractivity contribution in [2.75, 3.05) is 11.4 Å². The molecule has 1 fully saturated rings. The van der Waals surface area contributed by atoms with Crippen molar-refractivity contribution in [3.8, 4) is 0 Å². The quantitative estimate of drug-likeness (QED) is 0.778. The molecule has 6 nitrogen and oxygen atoms in total. The highest BCUT2D eigenvalue weighted by molar-refractivity contribution is 6.05. The largest absolute Gasteiger partial charge is 0.480 e. The zero-order chi connectivity index (χ0) is 14.4. The van der Waals surface area contributed by atoms with Gasteiger partial charge in [-0.25, -0.2) is 14.8 Å². The number of carboxylic acids is 1. The highest BCUT2D eigenvalue weighted by Gasteiger charge is 2.33. The molecule has 3 heterocycles. The number of carbonyl (C=O) groups is 1. The maximum absolute atomic E-state index is 11.4. The summed E-state index contributed by atoms with van der Waals surface area (Å²) in [6.45, 7) is 0.667. The smallest absolute Gasteiger partial charge is 0.326 e. The highest BCUT2D eigenvalue weighted by atomic mass is 16.4. The van der Waals surface area contributed by atoms with E-state index in [9.17, 15) is 9.90 Å². The zero-order valence-electron chi connectivity index (χ0n) is 11.2. The molecule has 6 heteroatoms. The molecule has 106 valence electrons. The average Bonchev–Trinajstić information content (AvgIpc) is 3.11. The van der Waals surface area contributed by atoms with Gasteiger partial charge in [0.05, 0.1) is 0 Å². The van der Waals surface area contributed by atoms with E-state index >= 15 is 0 Å². The molecule has 0 bridgehead atoms. The van der Waals surface area contributed by atoms with E-state index in [1.807, 2.05) is 24.3 Å². The number of para-hydroxylation sites is 1. The lowest BCUT2D eigenvalue weighted by Gasteiger charge is -2.21. The van der Waals surface area contributed by atoms with Crippen LogP contribution in [0.3, 0.4) is 0 Å². The molecular formula is C15H13N3O3. The summed E-state index contributed by atoms with van der Waals surface area (Å²) in [5, 5.41) is 10.3. The maximum Gasteiger partial charge on any atom is 0.326 e. The van der Waals surface area contributed by atoms with Gasteiger partial charge in [-0.05, 0) is 25.0 Å². The van der Waals surface area contributed by atoms with Gasteiger partial charge >= 0.3 is 5.97 Å². The predicted octanol–water partition coefficient (Wildman–Crippen LogP) is 2.43. The minimum atomic E-state index is -0.824. The monoisotopic (exact) mass is 283 g/mol.